The summed E-state index contributed by atoms with van der Waals surface area (Å²) in [5, 5.41) is 5.83. The lowest BCUT2D eigenvalue weighted by Crippen LogP contribution is -2.31. The molecule has 124 valence electrons. The number of aromatic nitrogens is 2. The van der Waals surface area contributed by atoms with Crippen LogP contribution in [0.2, 0.25) is 0 Å². The molecule has 0 amide bonds. The average Bonchev–Trinajstić information content (AvgIpc) is 2.60. The van der Waals surface area contributed by atoms with Crippen LogP contribution in [0.4, 0.5) is 0 Å². The van der Waals surface area contributed by atoms with Crippen molar-refractivity contribution in [2.24, 2.45) is 0 Å². The van der Waals surface area contributed by atoms with Gasteiger partial charge < -0.3 is 4.74 Å². The van der Waals surface area contributed by atoms with E-state index >= 15 is 0 Å². The second-order valence-electron chi connectivity index (χ2n) is 5.77. The Kier molecular flexibility index (Phi) is 4.91. The minimum atomic E-state index is -0.0633. The topological polar surface area (TPSA) is 47.4 Å². The van der Waals surface area contributed by atoms with E-state index in [9.17, 15) is 4.79 Å². The minimum Gasteiger partial charge on any atom is -0.494 e. The first-order valence-electron chi connectivity index (χ1n) is 8.02. The van der Waals surface area contributed by atoms with Crippen molar-refractivity contribution < 1.29 is 4.74 Å². The van der Waals surface area contributed by atoms with Crippen molar-refractivity contribution in [3.8, 4) is 5.75 Å². The molecule has 5 heteroatoms. The second kappa shape index (κ2) is 7.27. The Morgan fingerprint density at radius 1 is 1.12 bits per heavy atom. The molecule has 1 heterocycles. The lowest BCUT2D eigenvalue weighted by atomic mass is 10.2. The van der Waals surface area contributed by atoms with Crippen molar-refractivity contribution in [2.45, 2.75) is 20.1 Å². The summed E-state index contributed by atoms with van der Waals surface area (Å²) in [5.74, 6) is 0.872. The zero-order valence-corrected chi connectivity index (χ0v) is 14.0. The van der Waals surface area contributed by atoms with Crippen molar-refractivity contribution in [1.82, 2.24) is 14.7 Å². The van der Waals surface area contributed by atoms with Gasteiger partial charge in [-0.05, 0) is 37.7 Å². The molecular weight excluding hydrogens is 302 g/mol. The molecule has 0 aliphatic heterocycles. The molecule has 0 unspecified atom stereocenters. The van der Waals surface area contributed by atoms with E-state index in [1.165, 1.54) is 4.68 Å². The number of hydrogen-bond acceptors (Lipinski definition) is 4. The van der Waals surface area contributed by atoms with Crippen molar-refractivity contribution in [3.05, 3.63) is 70.6 Å². The monoisotopic (exact) mass is 323 g/mol. The molecule has 0 fully saturated rings. The maximum absolute atomic E-state index is 12.5. The maximum Gasteiger partial charge on any atom is 0.275 e. The number of nitrogens with zero attached hydrogens (tertiary/aromatic N) is 3. The van der Waals surface area contributed by atoms with Crippen LogP contribution in [-0.2, 0) is 13.2 Å². The molecule has 24 heavy (non-hydrogen) atoms. The van der Waals surface area contributed by atoms with Crippen LogP contribution in [0.3, 0.4) is 0 Å². The Morgan fingerprint density at radius 2 is 1.88 bits per heavy atom. The van der Waals surface area contributed by atoms with Gasteiger partial charge in [-0.2, -0.15) is 5.10 Å². The second-order valence-corrected chi connectivity index (χ2v) is 5.77. The highest BCUT2D eigenvalue weighted by Crippen LogP contribution is 2.13. The molecule has 0 saturated carbocycles. The SMILES string of the molecule is CCOc1ccc(CN(C)Cn2ncc3ccccc3c2=O)cc1. The molecule has 0 atom stereocenters. The summed E-state index contributed by atoms with van der Waals surface area (Å²) in [6.45, 7) is 3.80. The molecule has 0 spiro atoms. The molecule has 2 aromatic carbocycles. The van der Waals surface area contributed by atoms with Crippen LogP contribution in [0.25, 0.3) is 10.8 Å². The number of fused-ring (bicyclic) bond motifs is 1. The first kappa shape index (κ1) is 16.2. The molecule has 0 aliphatic carbocycles. The first-order valence-corrected chi connectivity index (χ1v) is 8.02. The Labute approximate surface area is 141 Å². The summed E-state index contributed by atoms with van der Waals surface area (Å²) >= 11 is 0. The van der Waals surface area contributed by atoms with Gasteiger partial charge in [0.25, 0.3) is 5.56 Å². The molecule has 3 aromatic rings. The van der Waals surface area contributed by atoms with E-state index in [1.807, 2.05) is 62.5 Å². The molecule has 3 rings (SSSR count). The number of hydrogen-bond donors (Lipinski definition) is 0. The quantitative estimate of drug-likeness (QED) is 0.700. The number of benzene rings is 2. The number of rotatable bonds is 6. The third-order valence-corrected chi connectivity index (χ3v) is 3.82. The van der Waals surface area contributed by atoms with Crippen LogP contribution >= 0.6 is 0 Å². The van der Waals surface area contributed by atoms with Gasteiger partial charge in [0.05, 0.1) is 24.9 Å². The summed E-state index contributed by atoms with van der Waals surface area (Å²) in [6, 6.07) is 15.5. The van der Waals surface area contributed by atoms with Gasteiger partial charge in [-0.25, -0.2) is 4.68 Å². The van der Waals surface area contributed by atoms with Gasteiger partial charge in [-0.15, -0.1) is 0 Å². The van der Waals surface area contributed by atoms with Crippen LogP contribution in [0.5, 0.6) is 5.75 Å². The fourth-order valence-corrected chi connectivity index (χ4v) is 2.68. The van der Waals surface area contributed by atoms with Gasteiger partial charge in [-0.1, -0.05) is 30.3 Å². The van der Waals surface area contributed by atoms with E-state index in [0.29, 0.717) is 18.7 Å². The fourth-order valence-electron chi connectivity index (χ4n) is 2.68. The van der Waals surface area contributed by atoms with E-state index in [1.54, 1.807) is 6.20 Å². The smallest absolute Gasteiger partial charge is 0.275 e. The standard InChI is InChI=1S/C19H21N3O2/c1-3-24-17-10-8-15(9-11-17)13-21(2)14-22-19(23)18-7-5-4-6-16(18)12-20-22/h4-12H,3,13-14H2,1-2H3. The van der Waals surface area contributed by atoms with Gasteiger partial charge in [0.15, 0.2) is 0 Å². The molecule has 0 N–H and O–H groups in total. The van der Waals surface area contributed by atoms with Gasteiger partial charge in [0.1, 0.15) is 5.75 Å². The predicted molar refractivity (Wildman–Crippen MR) is 95.1 cm³/mol. The van der Waals surface area contributed by atoms with Crippen LogP contribution in [0.15, 0.2) is 59.5 Å². The molecule has 0 radical (unpaired) electrons. The van der Waals surface area contributed by atoms with Gasteiger partial charge in [-0.3, -0.25) is 9.69 Å². The van der Waals surface area contributed by atoms with Crippen molar-refractivity contribution >= 4 is 10.8 Å². The van der Waals surface area contributed by atoms with E-state index in [0.717, 1.165) is 23.2 Å². The number of ether oxygens (including phenoxy) is 1. The highest BCUT2D eigenvalue weighted by molar-refractivity contribution is 5.80. The minimum absolute atomic E-state index is 0.0633. The normalized spacial score (nSPS) is 11.1. The molecule has 5 nitrogen and oxygen atoms in total. The summed E-state index contributed by atoms with van der Waals surface area (Å²) in [4.78, 5) is 14.5. The van der Waals surface area contributed by atoms with Crippen molar-refractivity contribution in [1.29, 1.82) is 0 Å². The lowest BCUT2D eigenvalue weighted by Gasteiger charge is -2.17. The van der Waals surface area contributed by atoms with E-state index in [4.69, 9.17) is 4.74 Å². The van der Waals surface area contributed by atoms with Crippen LogP contribution < -0.4 is 10.3 Å². The lowest BCUT2D eigenvalue weighted by molar-refractivity contribution is 0.241. The van der Waals surface area contributed by atoms with Crippen LogP contribution in [0, 0.1) is 0 Å². The summed E-state index contributed by atoms with van der Waals surface area (Å²) in [6.07, 6.45) is 1.74. The van der Waals surface area contributed by atoms with Crippen LogP contribution in [0.1, 0.15) is 12.5 Å². The van der Waals surface area contributed by atoms with Gasteiger partial charge in [0.2, 0.25) is 0 Å². The molecular formula is C19H21N3O2. The average molecular weight is 323 g/mol. The Balaban J connectivity index is 1.71. The Bertz CT molecular complexity index is 872. The molecule has 0 saturated heterocycles. The van der Waals surface area contributed by atoms with E-state index < -0.39 is 0 Å². The predicted octanol–water partition coefficient (Wildman–Crippen LogP) is 2.88. The Hall–Kier alpha value is -2.66. The zero-order chi connectivity index (χ0) is 16.9. The van der Waals surface area contributed by atoms with Crippen molar-refractivity contribution in [3.63, 3.8) is 0 Å². The van der Waals surface area contributed by atoms with Crippen LogP contribution in [-0.4, -0.2) is 28.3 Å². The zero-order valence-electron chi connectivity index (χ0n) is 14.0. The first-order chi connectivity index (χ1) is 11.7. The third kappa shape index (κ3) is 3.63. The fraction of sp³-hybridized carbons (Fsp3) is 0.263. The van der Waals surface area contributed by atoms with Gasteiger partial charge in [0, 0.05) is 11.9 Å². The largest absolute Gasteiger partial charge is 0.494 e. The highest BCUT2D eigenvalue weighted by Gasteiger charge is 2.07. The summed E-state index contributed by atoms with van der Waals surface area (Å²) in [5.41, 5.74) is 1.10. The molecule has 0 aliphatic rings. The van der Waals surface area contributed by atoms with E-state index in [-0.39, 0.29) is 5.56 Å². The summed E-state index contributed by atoms with van der Waals surface area (Å²) < 4.78 is 6.95. The van der Waals surface area contributed by atoms with E-state index in [2.05, 4.69) is 10.00 Å². The third-order valence-electron chi connectivity index (χ3n) is 3.82. The molecule has 1 aromatic heterocycles. The Morgan fingerprint density at radius 3 is 2.62 bits per heavy atom. The highest BCUT2D eigenvalue weighted by atomic mass is 16.5. The summed E-state index contributed by atoms with van der Waals surface area (Å²) in [7, 11) is 1.97. The van der Waals surface area contributed by atoms with Crippen molar-refractivity contribution in [2.75, 3.05) is 13.7 Å². The molecule has 0 bridgehead atoms. The van der Waals surface area contributed by atoms with Gasteiger partial charge >= 0.3 is 0 Å². The maximum atomic E-state index is 12.5.